The lowest BCUT2D eigenvalue weighted by Crippen LogP contribution is -2.28. The molecule has 9 heteroatoms. The van der Waals surface area contributed by atoms with Gasteiger partial charge in [0.1, 0.15) is 0 Å². The standard InChI is InChI=1S/C22H15ClN2O5S/c23-18-3-6-21(20(13-18)22(26)16-7-10-25(27)11-8-16)24-31(28,29)19-4-1-15(2-5-19)17-9-12-30-14-17/h1-14H,(H-,24,26,27)/p+1. The summed E-state index contributed by atoms with van der Waals surface area (Å²) in [5.74, 6) is -0.448. The van der Waals surface area contributed by atoms with Crippen LogP contribution in [-0.4, -0.2) is 19.4 Å². The van der Waals surface area contributed by atoms with Crippen LogP contribution in [0.5, 0.6) is 0 Å². The fourth-order valence-corrected chi connectivity index (χ4v) is 4.23. The molecule has 0 aliphatic heterocycles. The molecule has 0 radical (unpaired) electrons. The number of sulfonamides is 1. The smallest absolute Gasteiger partial charge is 0.261 e. The summed E-state index contributed by atoms with van der Waals surface area (Å²) in [6, 6.07) is 15.2. The van der Waals surface area contributed by atoms with E-state index in [0.717, 1.165) is 15.9 Å². The van der Waals surface area contributed by atoms with Gasteiger partial charge in [-0.2, -0.15) is 0 Å². The molecule has 4 aromatic rings. The summed E-state index contributed by atoms with van der Waals surface area (Å²) in [5.41, 5.74) is 2.07. The molecule has 4 rings (SSSR count). The third-order valence-electron chi connectivity index (χ3n) is 4.57. The Morgan fingerprint density at radius 2 is 1.68 bits per heavy atom. The van der Waals surface area contributed by atoms with Crippen LogP contribution in [-0.2, 0) is 10.0 Å². The highest BCUT2D eigenvalue weighted by Crippen LogP contribution is 2.27. The van der Waals surface area contributed by atoms with Gasteiger partial charge in [-0.15, -0.1) is 0 Å². The first-order valence-electron chi connectivity index (χ1n) is 9.04. The molecule has 0 fully saturated rings. The molecule has 0 atom stereocenters. The summed E-state index contributed by atoms with van der Waals surface area (Å²) in [7, 11) is -3.97. The number of halogens is 1. The zero-order chi connectivity index (χ0) is 22.0. The molecule has 31 heavy (non-hydrogen) atoms. The molecule has 2 N–H and O–H groups in total. The largest absolute Gasteiger partial charge is 0.472 e. The number of ketones is 1. The van der Waals surface area contributed by atoms with Crippen molar-refractivity contribution in [2.24, 2.45) is 0 Å². The number of benzene rings is 2. The first-order valence-corrected chi connectivity index (χ1v) is 10.9. The molecule has 2 aromatic heterocycles. The summed E-state index contributed by atoms with van der Waals surface area (Å²) < 4.78 is 34.2. The van der Waals surface area contributed by atoms with Gasteiger partial charge in [0, 0.05) is 38.6 Å². The maximum Gasteiger partial charge on any atom is 0.261 e. The van der Waals surface area contributed by atoms with E-state index in [1.807, 2.05) is 0 Å². The average molecular weight is 456 g/mol. The van der Waals surface area contributed by atoms with Gasteiger partial charge in [0.05, 0.1) is 23.1 Å². The van der Waals surface area contributed by atoms with E-state index in [-0.39, 0.29) is 26.7 Å². The maximum absolute atomic E-state index is 12.9. The summed E-state index contributed by atoms with van der Waals surface area (Å²) in [6.45, 7) is 0. The van der Waals surface area contributed by atoms with Crippen LogP contribution in [0.4, 0.5) is 5.69 Å². The van der Waals surface area contributed by atoms with Crippen molar-refractivity contribution in [3.05, 3.63) is 102 Å². The van der Waals surface area contributed by atoms with Crippen molar-refractivity contribution in [3.8, 4) is 11.1 Å². The topological polar surface area (TPSA) is 100 Å². The minimum Gasteiger partial charge on any atom is -0.472 e. The zero-order valence-electron chi connectivity index (χ0n) is 15.9. The van der Waals surface area contributed by atoms with Gasteiger partial charge in [0.2, 0.25) is 12.4 Å². The second kappa shape index (κ2) is 8.25. The second-order valence-corrected chi connectivity index (χ2v) is 8.75. The molecular weight excluding hydrogens is 440 g/mol. The van der Waals surface area contributed by atoms with Crippen LogP contribution in [0.15, 0.2) is 94.9 Å². The van der Waals surface area contributed by atoms with E-state index >= 15 is 0 Å². The van der Waals surface area contributed by atoms with Crippen molar-refractivity contribution in [1.29, 1.82) is 0 Å². The fourth-order valence-electron chi connectivity index (χ4n) is 2.98. The molecule has 0 unspecified atom stereocenters. The molecule has 156 valence electrons. The molecule has 0 bridgehead atoms. The van der Waals surface area contributed by atoms with Crippen LogP contribution in [0.2, 0.25) is 5.02 Å². The van der Waals surface area contributed by atoms with Crippen molar-refractivity contribution in [1.82, 2.24) is 0 Å². The van der Waals surface area contributed by atoms with Gasteiger partial charge in [-0.1, -0.05) is 23.7 Å². The molecule has 0 saturated carbocycles. The van der Waals surface area contributed by atoms with Gasteiger partial charge in [-0.3, -0.25) is 14.7 Å². The summed E-state index contributed by atoms with van der Waals surface area (Å²) in [4.78, 5) is 13.0. The third kappa shape index (κ3) is 4.45. The van der Waals surface area contributed by atoms with E-state index in [9.17, 15) is 18.4 Å². The number of nitrogens with zero attached hydrogens (tertiary/aromatic N) is 1. The highest BCUT2D eigenvalue weighted by Gasteiger charge is 2.21. The number of carbonyl (C=O) groups excluding carboxylic acids is 1. The molecule has 0 aliphatic rings. The number of hydrogen-bond acceptors (Lipinski definition) is 5. The fraction of sp³-hybridized carbons (Fsp3) is 0. The number of anilines is 1. The van der Waals surface area contributed by atoms with E-state index in [4.69, 9.17) is 16.0 Å². The lowest BCUT2D eigenvalue weighted by molar-refractivity contribution is -0.904. The number of pyridine rings is 1. The molecule has 0 saturated heterocycles. The molecule has 0 spiro atoms. The molecule has 0 amide bonds. The van der Waals surface area contributed by atoms with Crippen molar-refractivity contribution < 1.29 is 27.6 Å². The van der Waals surface area contributed by atoms with Crippen LogP contribution < -0.4 is 9.45 Å². The Balaban J connectivity index is 1.65. The van der Waals surface area contributed by atoms with E-state index in [1.54, 1.807) is 24.5 Å². The predicted octanol–water partition coefficient (Wildman–Crippen LogP) is 4.16. The van der Waals surface area contributed by atoms with Crippen LogP contribution >= 0.6 is 11.6 Å². The van der Waals surface area contributed by atoms with Gasteiger partial charge < -0.3 is 4.42 Å². The highest BCUT2D eigenvalue weighted by molar-refractivity contribution is 7.92. The van der Waals surface area contributed by atoms with E-state index < -0.39 is 15.8 Å². The summed E-state index contributed by atoms with van der Waals surface area (Å²) in [5, 5.41) is 9.64. The number of aromatic nitrogens is 1. The van der Waals surface area contributed by atoms with Crippen molar-refractivity contribution in [2.45, 2.75) is 4.90 Å². The highest BCUT2D eigenvalue weighted by atomic mass is 35.5. The van der Waals surface area contributed by atoms with E-state index in [1.165, 1.54) is 61.1 Å². The Hall–Kier alpha value is -3.62. The lowest BCUT2D eigenvalue weighted by atomic mass is 10.0. The number of rotatable bonds is 6. The Kier molecular flexibility index (Phi) is 5.50. The number of nitrogens with one attached hydrogen (secondary N) is 1. The molecule has 2 heterocycles. The van der Waals surface area contributed by atoms with Gasteiger partial charge >= 0.3 is 0 Å². The first-order chi connectivity index (χ1) is 14.8. The van der Waals surface area contributed by atoms with Gasteiger partial charge in [0.25, 0.3) is 10.0 Å². The second-order valence-electron chi connectivity index (χ2n) is 6.63. The molecule has 7 nitrogen and oxygen atoms in total. The molecular formula is C22H16ClN2O5S+. The van der Waals surface area contributed by atoms with Crippen molar-refractivity contribution in [2.75, 3.05) is 4.72 Å². The molecule has 2 aromatic carbocycles. The Morgan fingerprint density at radius 3 is 2.32 bits per heavy atom. The molecule has 0 aliphatic carbocycles. The normalized spacial score (nSPS) is 11.3. The van der Waals surface area contributed by atoms with E-state index in [0.29, 0.717) is 0 Å². The summed E-state index contributed by atoms with van der Waals surface area (Å²) in [6.07, 6.45) is 5.69. The SMILES string of the molecule is O=C(c1cc[n+](O)cc1)c1cc(Cl)ccc1NS(=O)(=O)c1ccc(-c2ccoc2)cc1. The average Bonchev–Trinajstić information content (AvgIpc) is 3.30. The minimum atomic E-state index is -3.97. The number of furan rings is 1. The Morgan fingerprint density at radius 1 is 0.968 bits per heavy atom. The van der Waals surface area contributed by atoms with Gasteiger partial charge in [0.15, 0.2) is 5.78 Å². The minimum absolute atomic E-state index is 0.0362. The first kappa shape index (κ1) is 20.6. The van der Waals surface area contributed by atoms with Crippen LogP contribution in [0.3, 0.4) is 0 Å². The number of hydrogen-bond donors (Lipinski definition) is 2. The van der Waals surface area contributed by atoms with Crippen LogP contribution in [0.25, 0.3) is 11.1 Å². The van der Waals surface area contributed by atoms with Gasteiger partial charge in [-0.05, 0) is 42.0 Å². The van der Waals surface area contributed by atoms with Crippen molar-refractivity contribution >= 4 is 33.1 Å². The Labute approximate surface area is 183 Å². The van der Waals surface area contributed by atoms with E-state index in [2.05, 4.69) is 4.72 Å². The van der Waals surface area contributed by atoms with Crippen LogP contribution in [0, 0.1) is 0 Å². The zero-order valence-corrected chi connectivity index (χ0v) is 17.5. The number of carbonyl (C=O) groups is 1. The maximum atomic E-state index is 12.9. The Bertz CT molecular complexity index is 1330. The predicted molar refractivity (Wildman–Crippen MR) is 114 cm³/mol. The monoisotopic (exact) mass is 455 g/mol. The van der Waals surface area contributed by atoms with Crippen molar-refractivity contribution in [3.63, 3.8) is 0 Å². The quantitative estimate of drug-likeness (QED) is 0.258. The van der Waals surface area contributed by atoms with Gasteiger partial charge in [-0.25, -0.2) is 8.42 Å². The lowest BCUT2D eigenvalue weighted by Gasteiger charge is -2.13. The third-order valence-corrected chi connectivity index (χ3v) is 6.18. The summed E-state index contributed by atoms with van der Waals surface area (Å²) >= 11 is 6.05. The van der Waals surface area contributed by atoms with Crippen LogP contribution in [0.1, 0.15) is 15.9 Å².